The normalized spacial score (nSPS) is 11.5. The number of aromatic carboxylic acids is 1. The van der Waals surface area contributed by atoms with Gasteiger partial charge in [-0.05, 0) is 31.5 Å². The van der Waals surface area contributed by atoms with E-state index >= 15 is 0 Å². The second-order valence-electron chi connectivity index (χ2n) is 4.47. The van der Waals surface area contributed by atoms with Crippen LogP contribution < -0.4 is 4.72 Å². The van der Waals surface area contributed by atoms with Crippen LogP contribution in [-0.4, -0.2) is 24.5 Å². The second kappa shape index (κ2) is 5.92. The molecule has 0 spiro atoms. The van der Waals surface area contributed by atoms with Gasteiger partial charge in [-0.2, -0.15) is 0 Å². The molecule has 0 amide bonds. The van der Waals surface area contributed by atoms with E-state index < -0.39 is 16.0 Å². The van der Waals surface area contributed by atoms with Gasteiger partial charge in [-0.15, -0.1) is 11.3 Å². The van der Waals surface area contributed by atoms with Gasteiger partial charge < -0.3 is 5.11 Å². The molecule has 2 rings (SSSR count). The molecule has 0 fully saturated rings. The number of aryl methyl sites for hydroxylation is 2. The van der Waals surface area contributed by atoms with Crippen molar-refractivity contribution < 1.29 is 18.3 Å². The third-order valence-electron chi connectivity index (χ3n) is 2.99. The number of thiazole rings is 1. The van der Waals surface area contributed by atoms with Crippen LogP contribution in [0.5, 0.6) is 0 Å². The summed E-state index contributed by atoms with van der Waals surface area (Å²) in [6.07, 6.45) is 0. The van der Waals surface area contributed by atoms with Crippen molar-refractivity contribution in [3.05, 3.63) is 45.4 Å². The summed E-state index contributed by atoms with van der Waals surface area (Å²) in [4.78, 5) is 15.8. The van der Waals surface area contributed by atoms with E-state index in [2.05, 4.69) is 9.71 Å². The van der Waals surface area contributed by atoms with E-state index in [-0.39, 0.29) is 17.0 Å². The van der Waals surface area contributed by atoms with Crippen LogP contribution in [0.15, 0.2) is 28.6 Å². The minimum absolute atomic E-state index is 0.0235. The molecule has 8 heteroatoms. The topological polar surface area (TPSA) is 96.4 Å². The third-order valence-corrected chi connectivity index (χ3v) is 5.47. The van der Waals surface area contributed by atoms with E-state index in [1.54, 1.807) is 19.4 Å². The molecule has 0 unspecified atom stereocenters. The minimum Gasteiger partial charge on any atom is -0.478 e. The van der Waals surface area contributed by atoms with Gasteiger partial charge in [-0.25, -0.2) is 22.9 Å². The Balaban J connectivity index is 2.29. The highest BCUT2D eigenvalue weighted by molar-refractivity contribution is 7.89. The van der Waals surface area contributed by atoms with Gasteiger partial charge in [0, 0.05) is 11.4 Å². The highest BCUT2D eigenvalue weighted by Crippen LogP contribution is 2.19. The molecule has 0 aliphatic carbocycles. The van der Waals surface area contributed by atoms with Gasteiger partial charge in [0.2, 0.25) is 10.0 Å². The molecule has 0 aliphatic rings. The summed E-state index contributed by atoms with van der Waals surface area (Å²) in [6.45, 7) is 3.56. The van der Waals surface area contributed by atoms with E-state index in [0.717, 1.165) is 10.6 Å². The standard InChI is InChI=1S/C13H14N2O4S2/c1-8-3-4-10(13(16)17)5-12(8)21(18,19)15-6-11-9(2)14-7-20-11/h3-5,7,15H,6H2,1-2H3,(H,16,17). The first kappa shape index (κ1) is 15.6. The molecule has 2 aromatic rings. The van der Waals surface area contributed by atoms with Crippen molar-refractivity contribution in [1.82, 2.24) is 9.71 Å². The fourth-order valence-corrected chi connectivity index (χ4v) is 3.83. The highest BCUT2D eigenvalue weighted by Gasteiger charge is 2.19. The maximum Gasteiger partial charge on any atom is 0.335 e. The number of sulfonamides is 1. The summed E-state index contributed by atoms with van der Waals surface area (Å²) < 4.78 is 27.1. The fourth-order valence-electron chi connectivity index (χ4n) is 1.76. The van der Waals surface area contributed by atoms with Crippen LogP contribution in [0.3, 0.4) is 0 Å². The quantitative estimate of drug-likeness (QED) is 0.875. The van der Waals surface area contributed by atoms with Crippen molar-refractivity contribution in [1.29, 1.82) is 0 Å². The predicted octanol–water partition coefficient (Wildman–Crippen LogP) is 1.94. The van der Waals surface area contributed by atoms with Gasteiger partial charge in [0.1, 0.15) is 0 Å². The molecule has 1 aromatic carbocycles. The average molecular weight is 326 g/mol. The van der Waals surface area contributed by atoms with Crippen LogP contribution in [0.4, 0.5) is 0 Å². The van der Waals surface area contributed by atoms with Crippen molar-refractivity contribution >= 4 is 27.3 Å². The third kappa shape index (κ3) is 3.46. The molecule has 0 saturated carbocycles. The number of carbonyl (C=O) groups is 1. The van der Waals surface area contributed by atoms with Crippen LogP contribution >= 0.6 is 11.3 Å². The zero-order valence-corrected chi connectivity index (χ0v) is 13.1. The Morgan fingerprint density at radius 2 is 2.10 bits per heavy atom. The summed E-state index contributed by atoms with van der Waals surface area (Å²) in [6, 6.07) is 4.03. The van der Waals surface area contributed by atoms with Gasteiger partial charge in [0.15, 0.2) is 0 Å². The van der Waals surface area contributed by atoms with E-state index in [1.165, 1.54) is 29.5 Å². The van der Waals surface area contributed by atoms with Gasteiger partial charge in [-0.3, -0.25) is 0 Å². The van der Waals surface area contributed by atoms with Crippen molar-refractivity contribution in [3.8, 4) is 0 Å². The van der Waals surface area contributed by atoms with Crippen LogP contribution in [-0.2, 0) is 16.6 Å². The number of carboxylic acids is 1. The summed E-state index contributed by atoms with van der Waals surface area (Å²) in [7, 11) is -3.77. The van der Waals surface area contributed by atoms with Gasteiger partial charge in [-0.1, -0.05) is 6.07 Å². The molecule has 0 saturated heterocycles. The number of rotatable bonds is 5. The zero-order valence-electron chi connectivity index (χ0n) is 11.5. The Morgan fingerprint density at radius 1 is 1.38 bits per heavy atom. The number of nitrogens with one attached hydrogen (secondary N) is 1. The minimum atomic E-state index is -3.77. The Morgan fingerprint density at radius 3 is 2.67 bits per heavy atom. The van der Waals surface area contributed by atoms with Gasteiger partial charge >= 0.3 is 5.97 Å². The van der Waals surface area contributed by atoms with Crippen LogP contribution in [0.2, 0.25) is 0 Å². The van der Waals surface area contributed by atoms with E-state index in [1.807, 2.05) is 0 Å². The largest absolute Gasteiger partial charge is 0.478 e. The first-order chi connectivity index (χ1) is 9.81. The number of nitrogens with zero attached hydrogens (tertiary/aromatic N) is 1. The van der Waals surface area contributed by atoms with E-state index in [9.17, 15) is 13.2 Å². The lowest BCUT2D eigenvalue weighted by molar-refractivity contribution is 0.0696. The number of aromatic nitrogens is 1. The SMILES string of the molecule is Cc1ccc(C(=O)O)cc1S(=O)(=O)NCc1scnc1C. The molecule has 2 N–H and O–H groups in total. The number of hydrogen-bond acceptors (Lipinski definition) is 5. The lowest BCUT2D eigenvalue weighted by Crippen LogP contribution is -2.24. The molecule has 112 valence electrons. The lowest BCUT2D eigenvalue weighted by Gasteiger charge is -2.09. The second-order valence-corrected chi connectivity index (χ2v) is 7.15. The molecule has 0 bridgehead atoms. The van der Waals surface area contributed by atoms with Crippen molar-refractivity contribution in [2.75, 3.05) is 0 Å². The zero-order chi connectivity index (χ0) is 15.6. The number of carboxylic acid groups (broad SMARTS) is 1. The average Bonchev–Trinajstić information content (AvgIpc) is 2.82. The lowest BCUT2D eigenvalue weighted by atomic mass is 10.1. The Kier molecular flexibility index (Phi) is 4.40. The summed E-state index contributed by atoms with van der Waals surface area (Å²) in [5, 5.41) is 8.96. The maximum absolute atomic E-state index is 12.3. The van der Waals surface area contributed by atoms with Crippen molar-refractivity contribution in [3.63, 3.8) is 0 Å². The van der Waals surface area contributed by atoms with Crippen molar-refractivity contribution in [2.24, 2.45) is 0 Å². The fraction of sp³-hybridized carbons (Fsp3) is 0.231. The van der Waals surface area contributed by atoms with Crippen LogP contribution in [0.25, 0.3) is 0 Å². The van der Waals surface area contributed by atoms with E-state index in [4.69, 9.17) is 5.11 Å². The molecule has 0 aliphatic heterocycles. The molecule has 0 atom stereocenters. The van der Waals surface area contributed by atoms with Gasteiger partial charge in [0.05, 0.1) is 21.7 Å². The smallest absolute Gasteiger partial charge is 0.335 e. The molecule has 21 heavy (non-hydrogen) atoms. The maximum atomic E-state index is 12.3. The first-order valence-electron chi connectivity index (χ1n) is 6.04. The first-order valence-corrected chi connectivity index (χ1v) is 8.40. The number of hydrogen-bond donors (Lipinski definition) is 2. The molecular formula is C13H14N2O4S2. The van der Waals surface area contributed by atoms with Gasteiger partial charge in [0.25, 0.3) is 0 Å². The summed E-state index contributed by atoms with van der Waals surface area (Å²) in [5.74, 6) is -1.16. The number of benzene rings is 1. The Labute approximate surface area is 126 Å². The molecule has 1 heterocycles. The van der Waals surface area contributed by atoms with E-state index in [0.29, 0.717) is 5.56 Å². The Hall–Kier alpha value is -1.77. The monoisotopic (exact) mass is 326 g/mol. The predicted molar refractivity (Wildman–Crippen MR) is 79.0 cm³/mol. The highest BCUT2D eigenvalue weighted by atomic mass is 32.2. The van der Waals surface area contributed by atoms with Crippen LogP contribution in [0, 0.1) is 13.8 Å². The summed E-state index contributed by atoms with van der Waals surface area (Å²) in [5.41, 5.74) is 2.86. The Bertz CT molecular complexity index is 781. The molecular weight excluding hydrogens is 312 g/mol. The molecule has 6 nitrogen and oxygen atoms in total. The summed E-state index contributed by atoms with van der Waals surface area (Å²) >= 11 is 1.37. The van der Waals surface area contributed by atoms with Crippen LogP contribution in [0.1, 0.15) is 26.5 Å². The molecule has 1 aromatic heterocycles. The molecule has 0 radical (unpaired) electrons. The van der Waals surface area contributed by atoms with Crippen molar-refractivity contribution in [2.45, 2.75) is 25.3 Å².